The van der Waals surface area contributed by atoms with Crippen molar-refractivity contribution in [3.8, 4) is 0 Å². The Morgan fingerprint density at radius 1 is 1.39 bits per heavy atom. The molecule has 1 heterocycles. The quantitative estimate of drug-likeness (QED) is 0.637. The average Bonchev–Trinajstić information content (AvgIpc) is 2.96. The van der Waals surface area contributed by atoms with Crippen LogP contribution in [0.3, 0.4) is 0 Å². The lowest BCUT2D eigenvalue weighted by Gasteiger charge is -2.15. The second-order valence-corrected chi connectivity index (χ2v) is 4.66. The minimum atomic E-state index is -0.852. The van der Waals surface area contributed by atoms with Crippen LogP contribution in [0.2, 0.25) is 0 Å². The number of aliphatic carboxylic acids is 1. The van der Waals surface area contributed by atoms with Crippen LogP contribution in [-0.4, -0.2) is 42.4 Å². The molecule has 0 aromatic carbocycles. The van der Waals surface area contributed by atoms with E-state index in [4.69, 9.17) is 9.84 Å². The Kier molecular flexibility index (Phi) is 4.19. The zero-order chi connectivity index (χ0) is 13.0. The van der Waals surface area contributed by atoms with Crippen LogP contribution in [0, 0.1) is 5.92 Å². The third-order valence-electron chi connectivity index (χ3n) is 3.23. The van der Waals surface area contributed by atoms with Gasteiger partial charge in [0.2, 0.25) is 0 Å². The van der Waals surface area contributed by atoms with E-state index in [0.29, 0.717) is 13.0 Å². The van der Waals surface area contributed by atoms with Gasteiger partial charge in [-0.2, -0.15) is 0 Å². The molecule has 3 N–H and O–H groups in total. The van der Waals surface area contributed by atoms with Crippen LogP contribution >= 0.6 is 0 Å². The van der Waals surface area contributed by atoms with Crippen LogP contribution in [-0.2, 0) is 9.53 Å². The van der Waals surface area contributed by atoms with Crippen LogP contribution in [0.15, 0.2) is 12.2 Å². The fourth-order valence-electron chi connectivity index (χ4n) is 2.22. The lowest BCUT2D eigenvalue weighted by atomic mass is 10.1. The Morgan fingerprint density at radius 3 is 2.83 bits per heavy atom. The van der Waals surface area contributed by atoms with E-state index in [2.05, 4.69) is 10.6 Å². The molecule has 18 heavy (non-hydrogen) atoms. The summed E-state index contributed by atoms with van der Waals surface area (Å²) in [5.74, 6) is -1.34. The minimum Gasteiger partial charge on any atom is -0.481 e. The number of hydrogen-bond acceptors (Lipinski definition) is 3. The summed E-state index contributed by atoms with van der Waals surface area (Å²) in [6.07, 6.45) is 5.90. The summed E-state index contributed by atoms with van der Waals surface area (Å²) in [6, 6.07) is -0.471. The van der Waals surface area contributed by atoms with Gasteiger partial charge in [-0.25, -0.2) is 4.79 Å². The maximum atomic E-state index is 11.6. The highest BCUT2D eigenvalue weighted by Crippen LogP contribution is 2.17. The van der Waals surface area contributed by atoms with Crippen LogP contribution in [0.5, 0.6) is 0 Å². The Hall–Kier alpha value is -1.56. The molecular weight excluding hydrogens is 236 g/mol. The van der Waals surface area contributed by atoms with E-state index in [9.17, 15) is 9.59 Å². The lowest BCUT2D eigenvalue weighted by Crippen LogP contribution is -2.43. The Bertz CT molecular complexity index is 350. The molecule has 1 saturated heterocycles. The fourth-order valence-corrected chi connectivity index (χ4v) is 2.22. The Balaban J connectivity index is 1.65. The molecule has 6 heteroatoms. The highest BCUT2D eigenvalue weighted by molar-refractivity contribution is 5.76. The smallest absolute Gasteiger partial charge is 0.315 e. The number of amides is 2. The van der Waals surface area contributed by atoms with Gasteiger partial charge in [0.15, 0.2) is 0 Å². The summed E-state index contributed by atoms with van der Waals surface area (Å²) in [5, 5.41) is 14.3. The maximum absolute atomic E-state index is 11.6. The van der Waals surface area contributed by atoms with E-state index in [-0.39, 0.29) is 18.2 Å². The summed E-state index contributed by atoms with van der Waals surface area (Å²) in [7, 11) is 0. The van der Waals surface area contributed by atoms with Crippen molar-refractivity contribution in [3.63, 3.8) is 0 Å². The molecule has 100 valence electrons. The van der Waals surface area contributed by atoms with Crippen molar-refractivity contribution in [1.82, 2.24) is 10.6 Å². The lowest BCUT2D eigenvalue weighted by molar-refractivity contribution is -0.140. The second kappa shape index (κ2) is 5.86. The number of carbonyl (C=O) groups is 2. The molecule has 3 atom stereocenters. The number of urea groups is 1. The number of nitrogens with one attached hydrogen (secondary N) is 2. The van der Waals surface area contributed by atoms with Gasteiger partial charge in [0.1, 0.15) is 0 Å². The molecule has 2 rings (SSSR count). The molecular formula is C12H18N2O4. The number of ether oxygens (including phenoxy) is 1. The fraction of sp³-hybridized carbons (Fsp3) is 0.667. The molecule has 1 fully saturated rings. The standard InChI is InChI=1S/C12H18N2O4/c15-11(16)8-3-4-9(6-8)14-12(17)13-7-10-2-1-5-18-10/h3-4,8-10H,1-2,5-7H2,(H,15,16)(H2,13,14,17). The summed E-state index contributed by atoms with van der Waals surface area (Å²) in [5.41, 5.74) is 0. The zero-order valence-corrected chi connectivity index (χ0v) is 10.1. The van der Waals surface area contributed by atoms with Gasteiger partial charge >= 0.3 is 12.0 Å². The van der Waals surface area contributed by atoms with Gasteiger partial charge < -0.3 is 20.5 Å². The Labute approximate surface area is 105 Å². The van der Waals surface area contributed by atoms with Crippen LogP contribution in [0.25, 0.3) is 0 Å². The molecule has 0 bridgehead atoms. The predicted molar refractivity (Wildman–Crippen MR) is 64.2 cm³/mol. The van der Waals surface area contributed by atoms with Gasteiger partial charge in [-0.05, 0) is 19.3 Å². The molecule has 2 amide bonds. The molecule has 2 aliphatic rings. The second-order valence-electron chi connectivity index (χ2n) is 4.66. The number of carboxylic acids is 1. The molecule has 1 aliphatic heterocycles. The molecule has 0 aromatic heterocycles. The van der Waals surface area contributed by atoms with E-state index in [0.717, 1.165) is 19.4 Å². The van der Waals surface area contributed by atoms with Crippen LogP contribution in [0.4, 0.5) is 4.79 Å². The third kappa shape index (κ3) is 3.46. The maximum Gasteiger partial charge on any atom is 0.315 e. The summed E-state index contributed by atoms with van der Waals surface area (Å²) < 4.78 is 5.39. The summed E-state index contributed by atoms with van der Waals surface area (Å²) >= 11 is 0. The number of hydrogen-bond donors (Lipinski definition) is 3. The first kappa shape index (κ1) is 12.9. The van der Waals surface area contributed by atoms with Gasteiger partial charge in [-0.1, -0.05) is 12.2 Å². The predicted octanol–water partition coefficient (Wildman–Crippen LogP) is 0.494. The van der Waals surface area contributed by atoms with E-state index in [1.165, 1.54) is 0 Å². The first-order valence-electron chi connectivity index (χ1n) is 6.22. The molecule has 1 aliphatic carbocycles. The summed E-state index contributed by atoms with van der Waals surface area (Å²) in [6.45, 7) is 1.27. The van der Waals surface area contributed by atoms with Crippen molar-refractivity contribution < 1.29 is 19.4 Å². The van der Waals surface area contributed by atoms with Crippen molar-refractivity contribution in [3.05, 3.63) is 12.2 Å². The normalized spacial score (nSPS) is 30.3. The van der Waals surface area contributed by atoms with Crippen molar-refractivity contribution >= 4 is 12.0 Å². The van der Waals surface area contributed by atoms with Gasteiger partial charge in [0.25, 0.3) is 0 Å². The van der Waals surface area contributed by atoms with Crippen molar-refractivity contribution in [1.29, 1.82) is 0 Å². The van der Waals surface area contributed by atoms with Crippen molar-refractivity contribution in [2.75, 3.05) is 13.2 Å². The topological polar surface area (TPSA) is 87.7 Å². The number of rotatable bonds is 4. The molecule has 6 nitrogen and oxygen atoms in total. The van der Waals surface area contributed by atoms with E-state index in [1.54, 1.807) is 12.2 Å². The number of carboxylic acid groups (broad SMARTS) is 1. The van der Waals surface area contributed by atoms with Crippen LogP contribution < -0.4 is 10.6 Å². The average molecular weight is 254 g/mol. The highest BCUT2D eigenvalue weighted by Gasteiger charge is 2.25. The van der Waals surface area contributed by atoms with E-state index >= 15 is 0 Å². The molecule has 0 radical (unpaired) electrons. The van der Waals surface area contributed by atoms with Crippen molar-refractivity contribution in [2.45, 2.75) is 31.4 Å². The van der Waals surface area contributed by atoms with E-state index in [1.807, 2.05) is 0 Å². The van der Waals surface area contributed by atoms with Gasteiger partial charge in [0, 0.05) is 13.2 Å². The van der Waals surface area contributed by atoms with Crippen molar-refractivity contribution in [2.24, 2.45) is 5.92 Å². The molecule has 0 spiro atoms. The first-order chi connectivity index (χ1) is 8.65. The van der Waals surface area contributed by atoms with Gasteiger partial charge in [-0.3, -0.25) is 4.79 Å². The van der Waals surface area contributed by atoms with Gasteiger partial charge in [-0.15, -0.1) is 0 Å². The minimum absolute atomic E-state index is 0.113. The molecule has 3 unspecified atom stereocenters. The first-order valence-corrected chi connectivity index (χ1v) is 6.22. The third-order valence-corrected chi connectivity index (χ3v) is 3.23. The largest absolute Gasteiger partial charge is 0.481 e. The zero-order valence-electron chi connectivity index (χ0n) is 10.1. The monoisotopic (exact) mass is 254 g/mol. The molecule has 0 saturated carbocycles. The molecule has 0 aromatic rings. The highest BCUT2D eigenvalue weighted by atomic mass is 16.5. The Morgan fingerprint density at radius 2 is 2.22 bits per heavy atom. The van der Waals surface area contributed by atoms with Gasteiger partial charge in [0.05, 0.1) is 18.1 Å². The SMILES string of the molecule is O=C(NCC1CCCO1)NC1C=CC(C(=O)O)C1. The number of carbonyl (C=O) groups excluding carboxylic acids is 1. The summed E-state index contributed by atoms with van der Waals surface area (Å²) in [4.78, 5) is 22.3. The van der Waals surface area contributed by atoms with E-state index < -0.39 is 11.9 Å². The van der Waals surface area contributed by atoms with Crippen LogP contribution in [0.1, 0.15) is 19.3 Å².